The molecule has 3 heterocycles. The van der Waals surface area contributed by atoms with Crippen LogP contribution in [-0.2, 0) is 0 Å². The fourth-order valence-electron chi connectivity index (χ4n) is 1.60. The predicted molar refractivity (Wildman–Crippen MR) is 55.9 cm³/mol. The molecule has 3 rings (SSSR count). The number of H-pyrrole nitrogens is 2. The van der Waals surface area contributed by atoms with Gasteiger partial charge >= 0.3 is 0 Å². The van der Waals surface area contributed by atoms with E-state index in [0.717, 1.165) is 22.3 Å². The second-order valence-corrected chi connectivity index (χ2v) is 3.22. The first-order chi connectivity index (χ1) is 6.93. The van der Waals surface area contributed by atoms with Crippen LogP contribution in [0.15, 0.2) is 42.9 Å². The van der Waals surface area contributed by atoms with Crippen LogP contribution in [0, 0.1) is 0 Å². The van der Waals surface area contributed by atoms with Gasteiger partial charge in [-0.15, -0.1) is 0 Å². The molecule has 2 N–H and O–H groups in total. The molecule has 0 aliphatic rings. The lowest BCUT2D eigenvalue weighted by Gasteiger charge is -1.96. The van der Waals surface area contributed by atoms with E-state index >= 15 is 0 Å². The van der Waals surface area contributed by atoms with Crippen molar-refractivity contribution < 1.29 is 0 Å². The van der Waals surface area contributed by atoms with E-state index in [4.69, 9.17) is 0 Å². The largest absolute Gasteiger partial charge is 0.361 e. The zero-order chi connectivity index (χ0) is 9.38. The number of aromatic nitrogens is 3. The molecule has 0 unspecified atom stereocenters. The van der Waals surface area contributed by atoms with E-state index in [2.05, 4.69) is 21.0 Å². The maximum Gasteiger partial charge on any atom is 0.137 e. The van der Waals surface area contributed by atoms with Crippen molar-refractivity contribution in [2.45, 2.75) is 0 Å². The van der Waals surface area contributed by atoms with Gasteiger partial charge in [0, 0.05) is 35.2 Å². The fourth-order valence-corrected chi connectivity index (χ4v) is 1.60. The quantitative estimate of drug-likeness (QED) is 0.598. The van der Waals surface area contributed by atoms with Gasteiger partial charge in [0.2, 0.25) is 0 Å². The van der Waals surface area contributed by atoms with Crippen LogP contribution in [0.3, 0.4) is 0 Å². The van der Waals surface area contributed by atoms with Crippen LogP contribution in [0.1, 0.15) is 0 Å². The molecule has 0 saturated heterocycles. The Balaban J connectivity index is 2.23. The molecule has 3 aromatic rings. The summed E-state index contributed by atoms with van der Waals surface area (Å²) < 4.78 is 0. The van der Waals surface area contributed by atoms with Crippen LogP contribution < -0.4 is 0 Å². The number of nitrogens with zero attached hydrogens (tertiary/aromatic N) is 1. The minimum absolute atomic E-state index is 0.931. The van der Waals surface area contributed by atoms with E-state index in [1.165, 1.54) is 0 Å². The topological polar surface area (TPSA) is 44.5 Å². The van der Waals surface area contributed by atoms with Gasteiger partial charge in [-0.3, -0.25) is 0 Å². The number of pyridine rings is 1. The predicted octanol–water partition coefficient (Wildman–Crippen LogP) is 2.56. The number of aromatic amines is 2. The first-order valence-corrected chi connectivity index (χ1v) is 4.50. The first kappa shape index (κ1) is 7.38. The van der Waals surface area contributed by atoms with Crippen molar-refractivity contribution in [1.29, 1.82) is 0 Å². The van der Waals surface area contributed by atoms with Gasteiger partial charge in [-0.2, -0.15) is 0 Å². The summed E-state index contributed by atoms with van der Waals surface area (Å²) >= 11 is 0. The van der Waals surface area contributed by atoms with Crippen molar-refractivity contribution in [3.05, 3.63) is 42.9 Å². The van der Waals surface area contributed by atoms with Gasteiger partial charge in [-0.05, 0) is 24.3 Å². The molecule has 3 heteroatoms. The lowest BCUT2D eigenvalue weighted by atomic mass is 10.2. The Bertz CT molecular complexity index is 549. The molecule has 0 amide bonds. The summed E-state index contributed by atoms with van der Waals surface area (Å²) in [7, 11) is 0. The molecule has 0 atom stereocenters. The number of hydrogen-bond donors (Lipinski definition) is 2. The zero-order valence-corrected chi connectivity index (χ0v) is 7.49. The highest BCUT2D eigenvalue weighted by atomic mass is 14.8. The Morgan fingerprint density at radius 1 is 1.07 bits per heavy atom. The molecule has 14 heavy (non-hydrogen) atoms. The van der Waals surface area contributed by atoms with Crippen LogP contribution in [-0.4, -0.2) is 15.0 Å². The Morgan fingerprint density at radius 2 is 2.07 bits per heavy atom. The monoisotopic (exact) mass is 183 g/mol. The maximum atomic E-state index is 4.32. The summed E-state index contributed by atoms with van der Waals surface area (Å²) in [6.07, 6.45) is 5.68. The lowest BCUT2D eigenvalue weighted by Crippen LogP contribution is -1.80. The molecular weight excluding hydrogens is 174 g/mol. The second-order valence-electron chi connectivity index (χ2n) is 3.22. The summed E-state index contributed by atoms with van der Waals surface area (Å²) in [5, 5.41) is 1.14. The summed E-state index contributed by atoms with van der Waals surface area (Å²) in [4.78, 5) is 10.6. The van der Waals surface area contributed by atoms with Crippen LogP contribution >= 0.6 is 0 Å². The highest BCUT2D eigenvalue weighted by Gasteiger charge is 2.00. The summed E-state index contributed by atoms with van der Waals surface area (Å²) in [6.45, 7) is 0. The Hall–Kier alpha value is -2.03. The van der Waals surface area contributed by atoms with Crippen molar-refractivity contribution >= 4 is 11.0 Å². The van der Waals surface area contributed by atoms with Gasteiger partial charge in [0.1, 0.15) is 5.65 Å². The Kier molecular flexibility index (Phi) is 1.44. The minimum Gasteiger partial charge on any atom is -0.361 e. The van der Waals surface area contributed by atoms with Crippen molar-refractivity contribution in [3.63, 3.8) is 0 Å². The third-order valence-corrected chi connectivity index (χ3v) is 2.31. The zero-order valence-electron chi connectivity index (χ0n) is 7.49. The van der Waals surface area contributed by atoms with E-state index in [-0.39, 0.29) is 0 Å². The van der Waals surface area contributed by atoms with Gasteiger partial charge < -0.3 is 9.97 Å². The summed E-state index contributed by atoms with van der Waals surface area (Å²) in [5.41, 5.74) is 3.14. The molecule has 0 saturated carbocycles. The van der Waals surface area contributed by atoms with Crippen molar-refractivity contribution in [2.24, 2.45) is 0 Å². The highest BCUT2D eigenvalue weighted by Crippen LogP contribution is 2.20. The van der Waals surface area contributed by atoms with Gasteiger partial charge in [-0.1, -0.05) is 0 Å². The molecule has 68 valence electrons. The van der Waals surface area contributed by atoms with E-state index in [1.807, 2.05) is 36.8 Å². The SMILES string of the molecule is c1c[nH]c(-c2cnc3[nH]ccc3c2)c1. The molecule has 0 aromatic carbocycles. The Morgan fingerprint density at radius 3 is 2.93 bits per heavy atom. The van der Waals surface area contributed by atoms with Crippen molar-refractivity contribution in [1.82, 2.24) is 15.0 Å². The van der Waals surface area contributed by atoms with Gasteiger partial charge in [-0.25, -0.2) is 4.98 Å². The van der Waals surface area contributed by atoms with Crippen LogP contribution in [0.5, 0.6) is 0 Å². The van der Waals surface area contributed by atoms with E-state index in [1.54, 1.807) is 0 Å². The van der Waals surface area contributed by atoms with E-state index < -0.39 is 0 Å². The van der Waals surface area contributed by atoms with Crippen LogP contribution in [0.2, 0.25) is 0 Å². The van der Waals surface area contributed by atoms with Crippen molar-refractivity contribution in [3.8, 4) is 11.3 Å². The average Bonchev–Trinajstić information content (AvgIpc) is 2.88. The first-order valence-electron chi connectivity index (χ1n) is 4.50. The third-order valence-electron chi connectivity index (χ3n) is 2.31. The number of rotatable bonds is 1. The fraction of sp³-hybridized carbons (Fsp3) is 0. The molecule has 0 bridgehead atoms. The standard InChI is InChI=1S/C11H9N3/c1-2-10(12-4-1)9-6-8-3-5-13-11(8)14-7-9/h1-7,12H,(H,13,14). The van der Waals surface area contributed by atoms with Gasteiger partial charge in [0.25, 0.3) is 0 Å². The minimum atomic E-state index is 0.931. The summed E-state index contributed by atoms with van der Waals surface area (Å²) in [6, 6.07) is 8.16. The smallest absolute Gasteiger partial charge is 0.137 e. The molecular formula is C11H9N3. The van der Waals surface area contributed by atoms with Gasteiger partial charge in [0.05, 0.1) is 0 Å². The number of hydrogen-bond acceptors (Lipinski definition) is 1. The maximum absolute atomic E-state index is 4.32. The normalized spacial score (nSPS) is 10.9. The summed E-state index contributed by atoms with van der Waals surface area (Å²) in [5.74, 6) is 0. The molecule has 0 aliphatic heterocycles. The molecule has 3 nitrogen and oxygen atoms in total. The van der Waals surface area contributed by atoms with E-state index in [0.29, 0.717) is 0 Å². The van der Waals surface area contributed by atoms with Crippen LogP contribution in [0.25, 0.3) is 22.3 Å². The molecule has 0 spiro atoms. The third kappa shape index (κ3) is 1.03. The number of nitrogens with one attached hydrogen (secondary N) is 2. The second kappa shape index (κ2) is 2.73. The molecule has 0 radical (unpaired) electrons. The van der Waals surface area contributed by atoms with Gasteiger partial charge in [0.15, 0.2) is 0 Å². The number of fused-ring (bicyclic) bond motifs is 1. The lowest BCUT2D eigenvalue weighted by molar-refractivity contribution is 1.31. The highest BCUT2D eigenvalue weighted by molar-refractivity contribution is 5.80. The van der Waals surface area contributed by atoms with E-state index in [9.17, 15) is 0 Å². The van der Waals surface area contributed by atoms with Crippen molar-refractivity contribution in [2.75, 3.05) is 0 Å². The van der Waals surface area contributed by atoms with Crippen LogP contribution in [0.4, 0.5) is 0 Å². The molecule has 3 aromatic heterocycles. The molecule has 0 aliphatic carbocycles. The average molecular weight is 183 g/mol. The Labute approximate surface area is 80.8 Å². The molecule has 0 fully saturated rings.